The molecule has 0 aliphatic heterocycles. The van der Waals surface area contributed by atoms with Crippen molar-refractivity contribution in [2.45, 2.75) is 19.4 Å². The summed E-state index contributed by atoms with van der Waals surface area (Å²) in [6.07, 6.45) is 2.09. The fraction of sp³-hybridized carbons (Fsp3) is 0.300. The Morgan fingerprint density at radius 1 is 1.53 bits per heavy atom. The van der Waals surface area contributed by atoms with Crippen molar-refractivity contribution in [3.05, 3.63) is 29.2 Å². The number of aromatic nitrogens is 2. The van der Waals surface area contributed by atoms with Crippen molar-refractivity contribution in [1.29, 1.82) is 0 Å². The fourth-order valence-electron chi connectivity index (χ4n) is 1.22. The number of hydrogen-bond acceptors (Lipinski definition) is 6. The van der Waals surface area contributed by atoms with E-state index in [1.165, 1.54) is 11.3 Å². The summed E-state index contributed by atoms with van der Waals surface area (Å²) in [5.41, 5.74) is 0. The summed E-state index contributed by atoms with van der Waals surface area (Å²) in [4.78, 5) is 10.4. The van der Waals surface area contributed by atoms with Gasteiger partial charge >= 0.3 is 5.97 Å². The van der Waals surface area contributed by atoms with Crippen LogP contribution in [0.2, 0.25) is 0 Å². The Morgan fingerprint density at radius 2 is 2.41 bits per heavy atom. The van der Waals surface area contributed by atoms with Crippen molar-refractivity contribution in [3.63, 3.8) is 0 Å². The molecular formula is C10H11N3O3S. The van der Waals surface area contributed by atoms with Gasteiger partial charge in [-0.3, -0.25) is 4.79 Å². The Labute approximate surface area is 101 Å². The van der Waals surface area contributed by atoms with Crippen molar-refractivity contribution in [1.82, 2.24) is 10.2 Å². The van der Waals surface area contributed by atoms with Gasteiger partial charge in [0.25, 0.3) is 0 Å². The molecule has 2 aromatic heterocycles. The van der Waals surface area contributed by atoms with Gasteiger partial charge in [0.05, 0.1) is 19.2 Å². The molecule has 2 aromatic rings. The van der Waals surface area contributed by atoms with Crippen molar-refractivity contribution < 1.29 is 14.3 Å². The maximum absolute atomic E-state index is 10.4. The summed E-state index contributed by atoms with van der Waals surface area (Å²) in [5.74, 6) is -0.0161. The van der Waals surface area contributed by atoms with Gasteiger partial charge in [-0.2, -0.15) is 0 Å². The second-order valence-electron chi connectivity index (χ2n) is 3.33. The van der Waals surface area contributed by atoms with Gasteiger partial charge < -0.3 is 14.8 Å². The highest BCUT2D eigenvalue weighted by molar-refractivity contribution is 7.15. The highest BCUT2D eigenvalue weighted by Crippen LogP contribution is 2.17. The van der Waals surface area contributed by atoms with Gasteiger partial charge in [-0.1, -0.05) is 11.3 Å². The average molecular weight is 253 g/mol. The largest absolute Gasteiger partial charge is 0.481 e. The zero-order valence-corrected chi connectivity index (χ0v) is 9.74. The summed E-state index contributed by atoms with van der Waals surface area (Å²) < 4.78 is 5.16. The van der Waals surface area contributed by atoms with E-state index in [2.05, 4.69) is 15.5 Å². The molecule has 17 heavy (non-hydrogen) atoms. The van der Waals surface area contributed by atoms with Crippen LogP contribution in [0.4, 0.5) is 5.13 Å². The first kappa shape index (κ1) is 11.6. The van der Waals surface area contributed by atoms with Gasteiger partial charge in [0, 0.05) is 6.42 Å². The standard InChI is InChI=1S/C10H11N3O3S/c14-9(15)4-3-8-12-13-10(17-8)11-6-7-2-1-5-16-7/h1-2,5H,3-4,6H2,(H,11,13)(H,14,15). The predicted octanol–water partition coefficient (Wildman–Crippen LogP) is 1.76. The number of hydrogen-bond donors (Lipinski definition) is 2. The number of aliphatic carboxylic acids is 1. The molecule has 0 aliphatic carbocycles. The van der Waals surface area contributed by atoms with E-state index in [-0.39, 0.29) is 6.42 Å². The Bertz CT molecular complexity index is 481. The number of aryl methyl sites for hydroxylation is 1. The van der Waals surface area contributed by atoms with Crippen LogP contribution in [0.3, 0.4) is 0 Å². The molecule has 0 saturated heterocycles. The molecule has 0 unspecified atom stereocenters. The second kappa shape index (κ2) is 5.44. The van der Waals surface area contributed by atoms with Crippen molar-refractivity contribution in [2.24, 2.45) is 0 Å². The smallest absolute Gasteiger partial charge is 0.303 e. The van der Waals surface area contributed by atoms with E-state index in [1.54, 1.807) is 6.26 Å². The number of carboxylic acids is 1. The van der Waals surface area contributed by atoms with E-state index in [1.807, 2.05) is 12.1 Å². The van der Waals surface area contributed by atoms with Crippen LogP contribution in [0.5, 0.6) is 0 Å². The molecule has 90 valence electrons. The number of carbonyl (C=O) groups is 1. The van der Waals surface area contributed by atoms with Crippen molar-refractivity contribution in [2.75, 3.05) is 5.32 Å². The lowest BCUT2D eigenvalue weighted by molar-refractivity contribution is -0.136. The first-order chi connectivity index (χ1) is 8.24. The van der Waals surface area contributed by atoms with Gasteiger partial charge in [0.15, 0.2) is 0 Å². The van der Waals surface area contributed by atoms with Crippen molar-refractivity contribution in [3.8, 4) is 0 Å². The van der Waals surface area contributed by atoms with E-state index in [4.69, 9.17) is 9.52 Å². The molecule has 0 amide bonds. The zero-order chi connectivity index (χ0) is 12.1. The van der Waals surface area contributed by atoms with E-state index in [0.29, 0.717) is 23.1 Å². The van der Waals surface area contributed by atoms with E-state index in [9.17, 15) is 4.79 Å². The number of nitrogens with one attached hydrogen (secondary N) is 1. The lowest BCUT2D eigenvalue weighted by Gasteiger charge is -1.96. The molecule has 2 rings (SSSR count). The second-order valence-corrected chi connectivity index (χ2v) is 4.39. The minimum absolute atomic E-state index is 0.0762. The quantitative estimate of drug-likeness (QED) is 0.815. The number of anilines is 1. The summed E-state index contributed by atoms with van der Waals surface area (Å²) >= 11 is 1.36. The van der Waals surface area contributed by atoms with E-state index in [0.717, 1.165) is 5.76 Å². The van der Waals surface area contributed by atoms with Crippen LogP contribution in [0.15, 0.2) is 22.8 Å². The number of furan rings is 1. The van der Waals surface area contributed by atoms with Gasteiger partial charge in [0.2, 0.25) is 5.13 Å². The topological polar surface area (TPSA) is 88.2 Å². The summed E-state index contributed by atoms with van der Waals surface area (Å²) in [5, 5.41) is 20.8. The highest BCUT2D eigenvalue weighted by atomic mass is 32.1. The Morgan fingerprint density at radius 3 is 3.12 bits per heavy atom. The molecule has 7 heteroatoms. The fourth-order valence-corrected chi connectivity index (χ4v) is 1.95. The molecule has 0 bridgehead atoms. The molecular weight excluding hydrogens is 242 g/mol. The predicted molar refractivity (Wildman–Crippen MR) is 61.9 cm³/mol. The number of carboxylic acid groups (broad SMARTS) is 1. The van der Waals surface area contributed by atoms with Gasteiger partial charge in [-0.15, -0.1) is 10.2 Å². The third-order valence-corrected chi connectivity index (χ3v) is 2.95. The summed E-state index contributed by atoms with van der Waals surface area (Å²) in [6.45, 7) is 0.542. The monoisotopic (exact) mass is 253 g/mol. The van der Waals surface area contributed by atoms with Gasteiger partial charge in [0.1, 0.15) is 10.8 Å². The first-order valence-corrected chi connectivity index (χ1v) is 5.86. The van der Waals surface area contributed by atoms with Crippen LogP contribution in [0.1, 0.15) is 17.2 Å². The van der Waals surface area contributed by atoms with Crippen LogP contribution in [0, 0.1) is 0 Å². The first-order valence-electron chi connectivity index (χ1n) is 5.04. The van der Waals surface area contributed by atoms with Gasteiger partial charge in [-0.05, 0) is 12.1 Å². The van der Waals surface area contributed by atoms with E-state index >= 15 is 0 Å². The zero-order valence-electron chi connectivity index (χ0n) is 8.92. The third-order valence-electron chi connectivity index (χ3n) is 2.01. The maximum atomic E-state index is 10.4. The van der Waals surface area contributed by atoms with E-state index < -0.39 is 5.97 Å². The molecule has 2 N–H and O–H groups in total. The minimum Gasteiger partial charge on any atom is -0.481 e. The lowest BCUT2D eigenvalue weighted by Crippen LogP contribution is -1.97. The Hall–Kier alpha value is -1.89. The molecule has 2 heterocycles. The molecule has 0 atom stereocenters. The molecule has 6 nitrogen and oxygen atoms in total. The highest BCUT2D eigenvalue weighted by Gasteiger charge is 2.06. The van der Waals surface area contributed by atoms with Gasteiger partial charge in [-0.25, -0.2) is 0 Å². The molecule has 0 aromatic carbocycles. The Balaban J connectivity index is 1.83. The average Bonchev–Trinajstić information content (AvgIpc) is 2.95. The molecule has 0 fully saturated rings. The van der Waals surface area contributed by atoms with Crippen LogP contribution in [0.25, 0.3) is 0 Å². The SMILES string of the molecule is O=C(O)CCc1nnc(NCc2ccco2)s1. The Kier molecular flexibility index (Phi) is 3.71. The van der Waals surface area contributed by atoms with Crippen LogP contribution in [-0.4, -0.2) is 21.3 Å². The van der Waals surface area contributed by atoms with Crippen LogP contribution in [-0.2, 0) is 17.8 Å². The lowest BCUT2D eigenvalue weighted by atomic mass is 10.3. The molecule has 0 saturated carbocycles. The summed E-state index contributed by atoms with van der Waals surface area (Å²) in [6, 6.07) is 3.68. The maximum Gasteiger partial charge on any atom is 0.303 e. The molecule has 0 spiro atoms. The normalized spacial score (nSPS) is 10.4. The number of rotatable bonds is 6. The summed E-state index contributed by atoms with van der Waals surface area (Å²) in [7, 11) is 0. The third kappa shape index (κ3) is 3.56. The molecule has 0 aliphatic rings. The molecule has 0 radical (unpaired) electrons. The van der Waals surface area contributed by atoms with Crippen LogP contribution >= 0.6 is 11.3 Å². The van der Waals surface area contributed by atoms with Crippen LogP contribution < -0.4 is 5.32 Å². The number of nitrogens with zero attached hydrogens (tertiary/aromatic N) is 2. The minimum atomic E-state index is -0.828. The van der Waals surface area contributed by atoms with Crippen molar-refractivity contribution >= 4 is 22.4 Å².